The van der Waals surface area contributed by atoms with Crippen LogP contribution in [0, 0.1) is 0 Å². The molecule has 0 radical (unpaired) electrons. The van der Waals surface area contributed by atoms with Crippen molar-refractivity contribution in [2.24, 2.45) is 4.99 Å². The minimum Gasteiger partial charge on any atom is -0.492 e. The van der Waals surface area contributed by atoms with Crippen LogP contribution in [0.5, 0.6) is 5.75 Å². The highest BCUT2D eigenvalue weighted by molar-refractivity contribution is 14.0. The Labute approximate surface area is 149 Å². The number of ether oxygens (including phenoxy) is 1. The van der Waals surface area contributed by atoms with Gasteiger partial charge in [0.15, 0.2) is 5.96 Å². The first kappa shape index (κ1) is 20.5. The van der Waals surface area contributed by atoms with Crippen molar-refractivity contribution >= 4 is 35.8 Å². The molecule has 0 aliphatic rings. The molecule has 124 valence electrons. The SMILES string of the molecule is CCNC(=NCCNC(C)=O)NCCOc1ccccc1.I. The zero-order chi connectivity index (χ0) is 15.3. The van der Waals surface area contributed by atoms with Gasteiger partial charge in [-0.25, -0.2) is 0 Å². The van der Waals surface area contributed by atoms with Crippen molar-refractivity contribution in [2.75, 3.05) is 32.8 Å². The van der Waals surface area contributed by atoms with Gasteiger partial charge in [-0.05, 0) is 19.1 Å². The van der Waals surface area contributed by atoms with Crippen molar-refractivity contribution in [1.82, 2.24) is 16.0 Å². The van der Waals surface area contributed by atoms with E-state index in [1.54, 1.807) is 0 Å². The molecule has 0 bridgehead atoms. The van der Waals surface area contributed by atoms with Crippen molar-refractivity contribution in [3.8, 4) is 5.75 Å². The lowest BCUT2D eigenvalue weighted by molar-refractivity contribution is -0.118. The van der Waals surface area contributed by atoms with Crippen LogP contribution in [0.1, 0.15) is 13.8 Å². The molecule has 0 unspecified atom stereocenters. The third-order valence-corrected chi connectivity index (χ3v) is 2.51. The minimum atomic E-state index is -0.0422. The molecular formula is C15H25IN4O2. The van der Waals surface area contributed by atoms with Crippen LogP contribution in [-0.2, 0) is 4.79 Å². The Kier molecular flexibility index (Phi) is 12.3. The van der Waals surface area contributed by atoms with Crippen LogP contribution in [0.4, 0.5) is 0 Å². The van der Waals surface area contributed by atoms with Crippen LogP contribution in [-0.4, -0.2) is 44.7 Å². The van der Waals surface area contributed by atoms with Crippen LogP contribution in [0.25, 0.3) is 0 Å². The summed E-state index contributed by atoms with van der Waals surface area (Å²) in [7, 11) is 0. The number of aliphatic imine (C=N–C) groups is 1. The molecule has 0 saturated heterocycles. The lowest BCUT2D eigenvalue weighted by Gasteiger charge is -2.12. The quantitative estimate of drug-likeness (QED) is 0.257. The van der Waals surface area contributed by atoms with Gasteiger partial charge in [0.1, 0.15) is 12.4 Å². The first-order valence-corrected chi connectivity index (χ1v) is 7.17. The van der Waals surface area contributed by atoms with Gasteiger partial charge in [0.25, 0.3) is 0 Å². The van der Waals surface area contributed by atoms with E-state index < -0.39 is 0 Å². The lowest BCUT2D eigenvalue weighted by atomic mass is 10.3. The molecule has 22 heavy (non-hydrogen) atoms. The van der Waals surface area contributed by atoms with E-state index >= 15 is 0 Å². The van der Waals surface area contributed by atoms with Crippen LogP contribution in [0.15, 0.2) is 35.3 Å². The third-order valence-electron chi connectivity index (χ3n) is 2.51. The topological polar surface area (TPSA) is 74.8 Å². The number of guanidine groups is 1. The number of para-hydroxylation sites is 1. The summed E-state index contributed by atoms with van der Waals surface area (Å²) < 4.78 is 5.59. The zero-order valence-electron chi connectivity index (χ0n) is 13.1. The Balaban J connectivity index is 0.00000441. The second kappa shape index (κ2) is 13.2. The van der Waals surface area contributed by atoms with Gasteiger partial charge in [0, 0.05) is 20.0 Å². The van der Waals surface area contributed by atoms with Gasteiger partial charge >= 0.3 is 0 Å². The number of halogens is 1. The van der Waals surface area contributed by atoms with Crippen LogP contribution >= 0.6 is 24.0 Å². The van der Waals surface area contributed by atoms with Crippen LogP contribution in [0.2, 0.25) is 0 Å². The van der Waals surface area contributed by atoms with E-state index in [0.29, 0.717) is 26.2 Å². The van der Waals surface area contributed by atoms with Crippen molar-refractivity contribution in [3.63, 3.8) is 0 Å². The summed E-state index contributed by atoms with van der Waals surface area (Å²) in [6, 6.07) is 9.68. The Bertz CT molecular complexity index is 440. The van der Waals surface area contributed by atoms with Gasteiger partial charge in [-0.15, -0.1) is 24.0 Å². The van der Waals surface area contributed by atoms with Gasteiger partial charge in [-0.3, -0.25) is 9.79 Å². The second-order valence-corrected chi connectivity index (χ2v) is 4.33. The van der Waals surface area contributed by atoms with E-state index in [0.717, 1.165) is 18.3 Å². The van der Waals surface area contributed by atoms with Gasteiger partial charge < -0.3 is 20.7 Å². The Hall–Kier alpha value is -1.51. The van der Waals surface area contributed by atoms with Crippen LogP contribution < -0.4 is 20.7 Å². The Morgan fingerprint density at radius 2 is 1.86 bits per heavy atom. The molecule has 0 heterocycles. The summed E-state index contributed by atoms with van der Waals surface area (Å²) in [5.74, 6) is 1.53. The molecule has 0 fully saturated rings. The van der Waals surface area contributed by atoms with Crippen molar-refractivity contribution < 1.29 is 9.53 Å². The fourth-order valence-corrected chi connectivity index (χ4v) is 1.60. The standard InChI is InChI=1S/C15H24N4O2.HI/c1-3-16-15(18-10-9-17-13(2)20)19-11-12-21-14-7-5-4-6-8-14;/h4-8H,3,9-12H2,1-2H3,(H,17,20)(H2,16,18,19);1H. The highest BCUT2D eigenvalue weighted by Gasteiger charge is 1.97. The number of rotatable bonds is 8. The molecule has 0 atom stereocenters. The first-order chi connectivity index (χ1) is 10.2. The molecule has 1 aromatic carbocycles. The molecule has 0 aliphatic heterocycles. The maximum Gasteiger partial charge on any atom is 0.216 e. The summed E-state index contributed by atoms with van der Waals surface area (Å²) in [6.45, 7) is 6.56. The molecule has 0 aromatic heterocycles. The minimum absolute atomic E-state index is 0. The number of carbonyl (C=O) groups is 1. The highest BCUT2D eigenvalue weighted by atomic mass is 127. The number of benzene rings is 1. The monoisotopic (exact) mass is 420 g/mol. The normalized spacial score (nSPS) is 10.4. The molecule has 0 spiro atoms. The van der Waals surface area contributed by atoms with E-state index in [1.165, 1.54) is 6.92 Å². The highest BCUT2D eigenvalue weighted by Crippen LogP contribution is 2.07. The van der Waals surface area contributed by atoms with E-state index in [4.69, 9.17) is 4.74 Å². The predicted molar refractivity (Wildman–Crippen MR) is 100 cm³/mol. The average Bonchev–Trinajstić information content (AvgIpc) is 2.48. The van der Waals surface area contributed by atoms with Gasteiger partial charge in [-0.2, -0.15) is 0 Å². The molecule has 3 N–H and O–H groups in total. The molecule has 1 aromatic rings. The maximum atomic E-state index is 10.8. The first-order valence-electron chi connectivity index (χ1n) is 7.17. The number of hydrogen-bond donors (Lipinski definition) is 3. The summed E-state index contributed by atoms with van der Waals surface area (Å²) in [5.41, 5.74) is 0. The fourth-order valence-electron chi connectivity index (χ4n) is 1.60. The number of nitrogens with zero attached hydrogens (tertiary/aromatic N) is 1. The predicted octanol–water partition coefficient (Wildman–Crippen LogP) is 1.37. The molecule has 0 aliphatic carbocycles. The van der Waals surface area contributed by atoms with Gasteiger partial charge in [0.2, 0.25) is 5.91 Å². The van der Waals surface area contributed by atoms with Crippen LogP contribution in [0.3, 0.4) is 0 Å². The van der Waals surface area contributed by atoms with Gasteiger partial charge in [-0.1, -0.05) is 18.2 Å². The van der Waals surface area contributed by atoms with Crippen molar-refractivity contribution in [1.29, 1.82) is 0 Å². The average molecular weight is 420 g/mol. The van der Waals surface area contributed by atoms with E-state index in [2.05, 4.69) is 20.9 Å². The molecule has 0 saturated carbocycles. The summed E-state index contributed by atoms with van der Waals surface area (Å²) >= 11 is 0. The number of amides is 1. The molecular weight excluding hydrogens is 395 g/mol. The van der Waals surface area contributed by atoms with Gasteiger partial charge in [0.05, 0.1) is 13.1 Å². The third kappa shape index (κ3) is 10.3. The van der Waals surface area contributed by atoms with Crippen molar-refractivity contribution in [2.45, 2.75) is 13.8 Å². The Morgan fingerprint density at radius 1 is 1.14 bits per heavy atom. The number of carbonyl (C=O) groups excluding carboxylic acids is 1. The maximum absolute atomic E-state index is 10.8. The summed E-state index contributed by atoms with van der Waals surface area (Å²) in [6.07, 6.45) is 0. The molecule has 7 heteroatoms. The molecule has 1 amide bonds. The smallest absolute Gasteiger partial charge is 0.216 e. The summed E-state index contributed by atoms with van der Waals surface area (Å²) in [4.78, 5) is 15.1. The van der Waals surface area contributed by atoms with Crippen molar-refractivity contribution in [3.05, 3.63) is 30.3 Å². The Morgan fingerprint density at radius 3 is 2.50 bits per heavy atom. The van der Waals surface area contributed by atoms with E-state index in [9.17, 15) is 4.79 Å². The van der Waals surface area contributed by atoms with E-state index in [-0.39, 0.29) is 29.9 Å². The number of hydrogen-bond acceptors (Lipinski definition) is 3. The largest absolute Gasteiger partial charge is 0.492 e. The van der Waals surface area contributed by atoms with E-state index in [1.807, 2.05) is 37.3 Å². The summed E-state index contributed by atoms with van der Waals surface area (Å²) in [5, 5.41) is 9.03. The number of nitrogens with one attached hydrogen (secondary N) is 3. The molecule has 6 nitrogen and oxygen atoms in total. The molecule has 1 rings (SSSR count). The fraction of sp³-hybridized carbons (Fsp3) is 0.467. The zero-order valence-corrected chi connectivity index (χ0v) is 15.4. The lowest BCUT2D eigenvalue weighted by Crippen LogP contribution is -2.39. The second-order valence-electron chi connectivity index (χ2n) is 4.33.